The number of rotatable bonds is 47. The fraction of sp³-hybridized carbons (Fsp3) is 0.597. The van der Waals surface area contributed by atoms with Crippen molar-refractivity contribution in [3.63, 3.8) is 0 Å². The number of sulfonamides is 1. The van der Waals surface area contributed by atoms with E-state index in [4.69, 9.17) is 67.2 Å². The minimum atomic E-state index is -5.28. The standard InChI is InChI=1S/C62H89F3N6O22S2/c1-6-91-71(16-8-15-67-61(75)93-62(3,4)5)60(74)49-37-48-12-11-47(39-51(48)69-52(66)40-49)46-9-7-10-50(38-46)94(76,77)70-42-45(43-70)41-68-53(72)13-17-81-19-21-83-23-25-85-27-29-87-31-33-89-35-36-90-34-32-88-30-28-86-26-24-84-22-20-82-18-14-54(73)92-58-55(63)44(2)59(95(78,79)80)57(65)56(58)64/h7,9-12,37-39,45H,6,8,13-36,40-43H2,1-5H3,(H2,66,69)(H,67,75)(H,68,72)(H,78,79,80). The highest BCUT2D eigenvalue weighted by Gasteiger charge is 2.37. The number of carbonyl (C=O) groups is 4. The summed E-state index contributed by atoms with van der Waals surface area (Å²) in [5.74, 6) is -8.87. The summed E-state index contributed by atoms with van der Waals surface area (Å²) in [5, 5.41) is 6.80. The number of aliphatic imine (C=N–C) groups is 1. The van der Waals surface area contributed by atoms with Crippen molar-refractivity contribution in [1.29, 1.82) is 0 Å². The Morgan fingerprint density at radius 3 is 1.69 bits per heavy atom. The first-order valence-corrected chi connectivity index (χ1v) is 33.9. The van der Waals surface area contributed by atoms with Gasteiger partial charge in [-0.3, -0.25) is 23.8 Å². The maximum absolute atomic E-state index is 14.4. The molecule has 28 nitrogen and oxygen atoms in total. The van der Waals surface area contributed by atoms with E-state index in [9.17, 15) is 49.2 Å². The third-order valence-corrected chi connectivity index (χ3v) is 16.3. The molecule has 0 radical (unpaired) electrons. The number of amidine groups is 1. The SMILES string of the molecule is CCON(CCCNC(=O)OC(C)(C)C)C(=O)C1=Cc2ccc(-c3cccc(S(=O)(=O)N4CC(CNC(=O)CCOCCOCCOCCOCCOCCOCCOCCOCCOCCOCCC(=O)Oc5c(F)c(C)c(S(=O)(=O)O)c(F)c5F)C4)c3)cc2N=C(N)C1. The van der Waals surface area contributed by atoms with E-state index in [2.05, 4.69) is 20.4 Å². The number of esters is 1. The first-order valence-electron chi connectivity index (χ1n) is 31.0. The lowest BCUT2D eigenvalue weighted by Gasteiger charge is -2.38. The number of halogens is 3. The van der Waals surface area contributed by atoms with Gasteiger partial charge in [-0.1, -0.05) is 24.3 Å². The predicted octanol–water partition coefficient (Wildman–Crippen LogP) is 5.09. The minimum absolute atomic E-state index is 0.0524. The molecule has 532 valence electrons. The van der Waals surface area contributed by atoms with E-state index in [0.717, 1.165) is 6.92 Å². The summed E-state index contributed by atoms with van der Waals surface area (Å²) in [6.45, 7) is 15.2. The van der Waals surface area contributed by atoms with E-state index in [1.165, 1.54) is 9.37 Å². The van der Waals surface area contributed by atoms with Gasteiger partial charge < -0.3 is 73.2 Å². The number of hydrogen-bond donors (Lipinski definition) is 4. The van der Waals surface area contributed by atoms with Crippen LogP contribution >= 0.6 is 0 Å². The number of hydrogen-bond acceptors (Lipinski definition) is 23. The number of ether oxygens (including phenoxy) is 12. The Hall–Kier alpha value is -6.28. The molecule has 3 aromatic carbocycles. The smallest absolute Gasteiger partial charge is 0.407 e. The summed E-state index contributed by atoms with van der Waals surface area (Å²) in [6, 6.07) is 12.0. The molecule has 3 amide bonds. The van der Waals surface area contributed by atoms with Crippen LogP contribution in [0.3, 0.4) is 0 Å². The number of nitrogens with two attached hydrogens (primary N) is 1. The molecule has 1 fully saturated rings. The van der Waals surface area contributed by atoms with Gasteiger partial charge >= 0.3 is 12.1 Å². The number of fused-ring (bicyclic) bond motifs is 1. The molecule has 0 spiro atoms. The molecule has 1 saturated heterocycles. The van der Waals surface area contributed by atoms with Gasteiger partial charge in [-0.05, 0) is 76.4 Å². The maximum atomic E-state index is 14.4. The second-order valence-electron chi connectivity index (χ2n) is 22.1. The van der Waals surface area contributed by atoms with Crippen molar-refractivity contribution >= 4 is 61.6 Å². The van der Waals surface area contributed by atoms with Gasteiger partial charge in [0.2, 0.25) is 27.5 Å². The second kappa shape index (κ2) is 41.7. The van der Waals surface area contributed by atoms with Crippen LogP contribution in [-0.2, 0) is 91.5 Å². The van der Waals surface area contributed by atoms with Crippen molar-refractivity contribution in [3.8, 4) is 16.9 Å². The first kappa shape index (κ1) is 79.4. The number of benzene rings is 3. The molecule has 3 aromatic rings. The molecule has 2 aliphatic rings. The van der Waals surface area contributed by atoms with Crippen LogP contribution in [0.4, 0.5) is 23.7 Å². The van der Waals surface area contributed by atoms with Gasteiger partial charge in [-0.2, -0.15) is 17.1 Å². The Morgan fingerprint density at radius 2 is 1.19 bits per heavy atom. The molecule has 0 aliphatic carbocycles. The normalized spacial score (nSPS) is 13.7. The van der Waals surface area contributed by atoms with Gasteiger partial charge in [0.15, 0.2) is 11.6 Å². The molecule has 2 heterocycles. The summed E-state index contributed by atoms with van der Waals surface area (Å²) in [4.78, 5) is 59.0. The number of carbonyl (C=O) groups excluding carboxylic acids is 4. The molecule has 5 rings (SSSR count). The second-order valence-corrected chi connectivity index (χ2v) is 25.4. The number of nitrogens with zero attached hydrogens (tertiary/aromatic N) is 3. The van der Waals surface area contributed by atoms with Crippen LogP contribution in [0.25, 0.3) is 17.2 Å². The zero-order chi connectivity index (χ0) is 69.2. The van der Waals surface area contributed by atoms with E-state index >= 15 is 0 Å². The van der Waals surface area contributed by atoms with Crippen molar-refractivity contribution in [2.24, 2.45) is 16.6 Å². The Bertz CT molecular complexity index is 3200. The van der Waals surface area contributed by atoms with Crippen LogP contribution < -0.4 is 21.1 Å². The van der Waals surface area contributed by atoms with Crippen molar-refractivity contribution in [3.05, 3.63) is 76.6 Å². The van der Waals surface area contributed by atoms with Crippen LogP contribution in [0.2, 0.25) is 0 Å². The molecule has 95 heavy (non-hydrogen) atoms. The lowest BCUT2D eigenvalue weighted by atomic mass is 10.0. The monoisotopic (exact) mass is 1390 g/mol. The first-order chi connectivity index (χ1) is 45.4. The number of hydroxylamine groups is 2. The molecule has 0 bridgehead atoms. The van der Waals surface area contributed by atoms with Crippen LogP contribution in [0.15, 0.2) is 62.8 Å². The van der Waals surface area contributed by atoms with Gasteiger partial charge in [0, 0.05) is 61.6 Å². The molecule has 0 atom stereocenters. The average molecular weight is 1390 g/mol. The van der Waals surface area contributed by atoms with Crippen LogP contribution in [-0.4, -0.2) is 238 Å². The summed E-state index contributed by atoms with van der Waals surface area (Å²) >= 11 is 0. The molecular formula is C62H89F3N6O22S2. The third-order valence-electron chi connectivity index (χ3n) is 13.5. The molecule has 0 aromatic heterocycles. The Labute approximate surface area is 552 Å². The quantitative estimate of drug-likeness (QED) is 0.0143. The topological polar surface area (TPSA) is 346 Å². The van der Waals surface area contributed by atoms with Crippen molar-refractivity contribution in [2.75, 3.05) is 171 Å². The van der Waals surface area contributed by atoms with Crippen molar-refractivity contribution in [1.82, 2.24) is 20.0 Å². The third kappa shape index (κ3) is 28.8. The van der Waals surface area contributed by atoms with Gasteiger partial charge in [0.25, 0.3) is 16.0 Å². The van der Waals surface area contributed by atoms with E-state index in [1.54, 1.807) is 70.2 Å². The number of nitrogens with one attached hydrogen (secondary N) is 2. The van der Waals surface area contributed by atoms with E-state index in [-0.39, 0.29) is 114 Å². The highest BCUT2D eigenvalue weighted by molar-refractivity contribution is 7.89. The predicted molar refractivity (Wildman–Crippen MR) is 337 cm³/mol. The molecular weight excluding hydrogens is 1300 g/mol. The fourth-order valence-electron chi connectivity index (χ4n) is 8.85. The minimum Gasteiger partial charge on any atom is -0.444 e. The summed E-state index contributed by atoms with van der Waals surface area (Å²) in [6.07, 6.45) is 1.31. The molecule has 2 aliphatic heterocycles. The Balaban J connectivity index is 0.781. The molecule has 0 unspecified atom stereocenters. The highest BCUT2D eigenvalue weighted by atomic mass is 32.2. The molecule has 33 heteroatoms. The van der Waals surface area contributed by atoms with Crippen molar-refractivity contribution < 1.29 is 115 Å². The Kier molecular flexibility index (Phi) is 34.9. The lowest BCUT2D eigenvalue weighted by molar-refractivity contribution is -0.180. The number of amides is 3. The average Bonchev–Trinajstić information content (AvgIpc) is 0.893. The largest absolute Gasteiger partial charge is 0.444 e. The van der Waals surface area contributed by atoms with Gasteiger partial charge in [0.1, 0.15) is 16.3 Å². The van der Waals surface area contributed by atoms with Gasteiger partial charge in [0.05, 0.1) is 162 Å². The lowest BCUT2D eigenvalue weighted by Crippen LogP contribution is -2.53. The summed E-state index contributed by atoms with van der Waals surface area (Å²) in [7, 11) is -9.12. The zero-order valence-electron chi connectivity index (χ0n) is 54.3. The van der Waals surface area contributed by atoms with Crippen LogP contribution in [0.5, 0.6) is 5.75 Å². The summed E-state index contributed by atoms with van der Waals surface area (Å²) in [5.41, 5.74) is 7.58. The van der Waals surface area contributed by atoms with Crippen LogP contribution in [0, 0.1) is 30.3 Å². The van der Waals surface area contributed by atoms with E-state index in [1.807, 2.05) is 6.07 Å². The summed E-state index contributed by atoms with van der Waals surface area (Å²) < 4.78 is 167. The highest BCUT2D eigenvalue weighted by Crippen LogP contribution is 2.35. The van der Waals surface area contributed by atoms with Crippen molar-refractivity contribution in [2.45, 2.75) is 75.7 Å². The zero-order valence-corrected chi connectivity index (χ0v) is 55.9. The fourth-order valence-corrected chi connectivity index (χ4v) is 11.3. The van der Waals surface area contributed by atoms with Gasteiger partial charge in [-0.25, -0.2) is 32.0 Å². The molecule has 0 saturated carbocycles. The van der Waals surface area contributed by atoms with Gasteiger partial charge in [-0.15, -0.1) is 0 Å². The molecule has 5 N–H and O–H groups in total. The number of alkyl carbamates (subject to hydrolysis) is 1. The van der Waals surface area contributed by atoms with E-state index < -0.39 is 77.9 Å². The Morgan fingerprint density at radius 1 is 0.684 bits per heavy atom. The van der Waals surface area contributed by atoms with Crippen LogP contribution in [0.1, 0.15) is 64.5 Å². The maximum Gasteiger partial charge on any atom is 0.407 e. The van der Waals surface area contributed by atoms with E-state index in [0.29, 0.717) is 133 Å².